The third-order valence-corrected chi connectivity index (χ3v) is 6.68. The molecule has 1 amide bonds. The van der Waals surface area contributed by atoms with Gasteiger partial charge in [-0.2, -0.15) is 4.98 Å². The molecule has 0 radical (unpaired) electrons. The number of hydrogen-bond donors (Lipinski definition) is 0. The minimum atomic E-state index is -0.206. The van der Waals surface area contributed by atoms with Crippen LogP contribution in [0.5, 0.6) is 0 Å². The van der Waals surface area contributed by atoms with E-state index in [0.29, 0.717) is 18.3 Å². The molecule has 2 saturated heterocycles. The molecule has 2 aliphatic rings. The summed E-state index contributed by atoms with van der Waals surface area (Å²) in [6.45, 7) is 7.83. The number of carbonyl (C=O) groups is 1. The molecule has 2 aromatic carbocycles. The van der Waals surface area contributed by atoms with E-state index in [9.17, 15) is 4.79 Å². The molecule has 0 bridgehead atoms. The van der Waals surface area contributed by atoms with Crippen molar-refractivity contribution in [3.05, 3.63) is 71.6 Å². The van der Waals surface area contributed by atoms with Gasteiger partial charge >= 0.3 is 0 Å². The topological polar surface area (TPSA) is 65.7 Å². The number of hydrogen-bond acceptors (Lipinski definition) is 6. The van der Waals surface area contributed by atoms with Crippen molar-refractivity contribution >= 4 is 5.91 Å². The molecule has 2 aliphatic heterocycles. The number of nitrogens with zero attached hydrogens (tertiary/aromatic N) is 5. The van der Waals surface area contributed by atoms with E-state index in [1.165, 1.54) is 5.56 Å². The van der Waals surface area contributed by atoms with E-state index in [0.717, 1.165) is 63.2 Å². The van der Waals surface area contributed by atoms with Crippen molar-refractivity contribution in [3.8, 4) is 11.4 Å². The van der Waals surface area contributed by atoms with Gasteiger partial charge in [-0.1, -0.05) is 65.3 Å². The first-order valence-corrected chi connectivity index (χ1v) is 11.9. The van der Waals surface area contributed by atoms with Gasteiger partial charge in [0.05, 0.1) is 6.54 Å². The normalized spacial score (nSPS) is 18.5. The summed E-state index contributed by atoms with van der Waals surface area (Å²) in [5.74, 6) is 1.50. The van der Waals surface area contributed by atoms with Crippen LogP contribution in [0.3, 0.4) is 0 Å². The Labute approximate surface area is 195 Å². The quantitative estimate of drug-likeness (QED) is 0.578. The van der Waals surface area contributed by atoms with Gasteiger partial charge in [-0.25, -0.2) is 0 Å². The van der Waals surface area contributed by atoms with Crippen molar-refractivity contribution in [1.29, 1.82) is 0 Å². The van der Waals surface area contributed by atoms with Crippen LogP contribution >= 0.6 is 0 Å². The van der Waals surface area contributed by atoms with Crippen LogP contribution in [0.15, 0.2) is 59.1 Å². The van der Waals surface area contributed by atoms with Crippen molar-refractivity contribution < 1.29 is 9.32 Å². The first-order valence-electron chi connectivity index (χ1n) is 11.9. The third-order valence-electron chi connectivity index (χ3n) is 6.68. The average molecular weight is 446 g/mol. The maximum Gasteiger partial charge on any atom is 0.244 e. The molecule has 7 nitrogen and oxygen atoms in total. The molecule has 1 atom stereocenters. The molecule has 3 aromatic rings. The van der Waals surface area contributed by atoms with Gasteiger partial charge in [0.25, 0.3) is 0 Å². The van der Waals surface area contributed by atoms with Gasteiger partial charge in [0.1, 0.15) is 6.04 Å². The molecule has 1 unspecified atom stereocenters. The van der Waals surface area contributed by atoms with Crippen molar-refractivity contribution in [3.63, 3.8) is 0 Å². The Morgan fingerprint density at radius 3 is 2.33 bits per heavy atom. The summed E-state index contributed by atoms with van der Waals surface area (Å²) in [4.78, 5) is 24.7. The maximum absolute atomic E-state index is 13.4. The van der Waals surface area contributed by atoms with E-state index in [1.807, 2.05) is 35.2 Å². The Kier molecular flexibility index (Phi) is 6.51. The Morgan fingerprint density at radius 2 is 1.64 bits per heavy atom. The summed E-state index contributed by atoms with van der Waals surface area (Å²) in [6.07, 6.45) is 2.21. The van der Waals surface area contributed by atoms with Gasteiger partial charge in [0.15, 0.2) is 0 Å². The molecular formula is C26H31N5O2. The third kappa shape index (κ3) is 4.99. The Hall–Kier alpha value is -3.03. The highest BCUT2D eigenvalue weighted by molar-refractivity contribution is 5.83. The van der Waals surface area contributed by atoms with Crippen LogP contribution in [0.2, 0.25) is 0 Å². The molecule has 5 rings (SSSR count). The predicted molar refractivity (Wildman–Crippen MR) is 126 cm³/mol. The Morgan fingerprint density at radius 1 is 0.939 bits per heavy atom. The molecule has 0 spiro atoms. The molecule has 0 saturated carbocycles. The van der Waals surface area contributed by atoms with Gasteiger partial charge in [-0.15, -0.1) is 0 Å². The van der Waals surface area contributed by atoms with Crippen LogP contribution in [0, 0.1) is 6.92 Å². The highest BCUT2D eigenvalue weighted by atomic mass is 16.5. The number of carbonyl (C=O) groups excluding carboxylic acids is 1. The van der Waals surface area contributed by atoms with Crippen LogP contribution in [-0.4, -0.2) is 70.0 Å². The van der Waals surface area contributed by atoms with Crippen molar-refractivity contribution in [2.24, 2.45) is 0 Å². The number of piperazine rings is 1. The van der Waals surface area contributed by atoms with Gasteiger partial charge in [-0.3, -0.25) is 14.6 Å². The molecule has 33 heavy (non-hydrogen) atoms. The first-order chi connectivity index (χ1) is 16.2. The minimum Gasteiger partial charge on any atom is -0.341 e. The van der Waals surface area contributed by atoms with Crippen molar-refractivity contribution in [2.45, 2.75) is 32.4 Å². The second-order valence-electron chi connectivity index (χ2n) is 9.04. The van der Waals surface area contributed by atoms with Crippen molar-refractivity contribution in [2.75, 3.05) is 39.3 Å². The van der Waals surface area contributed by atoms with Gasteiger partial charge in [0, 0.05) is 44.8 Å². The van der Waals surface area contributed by atoms with Gasteiger partial charge in [-0.05, 0) is 25.3 Å². The van der Waals surface area contributed by atoms with Crippen molar-refractivity contribution in [1.82, 2.24) is 24.8 Å². The zero-order valence-corrected chi connectivity index (χ0v) is 19.2. The Bertz CT molecular complexity index is 1050. The lowest BCUT2D eigenvalue weighted by molar-refractivity contribution is -0.137. The lowest BCUT2D eigenvalue weighted by atomic mass is 10.0. The largest absolute Gasteiger partial charge is 0.341 e. The number of amides is 1. The number of aryl methyl sites for hydroxylation is 1. The molecule has 7 heteroatoms. The van der Waals surface area contributed by atoms with Crippen LogP contribution in [0.4, 0.5) is 0 Å². The molecule has 1 aromatic heterocycles. The second-order valence-corrected chi connectivity index (χ2v) is 9.04. The number of rotatable bonds is 6. The van der Waals surface area contributed by atoms with E-state index < -0.39 is 0 Å². The number of aromatic nitrogens is 2. The minimum absolute atomic E-state index is 0.206. The van der Waals surface area contributed by atoms with Crippen LogP contribution in [-0.2, 0) is 11.3 Å². The summed E-state index contributed by atoms with van der Waals surface area (Å²) in [6, 6.07) is 18.2. The lowest BCUT2D eigenvalue weighted by Gasteiger charge is -2.39. The Balaban J connectivity index is 1.23. The van der Waals surface area contributed by atoms with Gasteiger partial charge in [0.2, 0.25) is 17.6 Å². The zero-order valence-electron chi connectivity index (χ0n) is 19.2. The number of likely N-dealkylation sites (tertiary alicyclic amines) is 1. The standard InChI is InChI=1S/C26H31N5O2/c1-20-9-11-22(12-10-20)25-27-23(33-28-25)19-29-15-17-30(18-16-29)24(21-7-3-2-4-8-21)26(32)31-13-5-6-14-31/h2-4,7-12,24H,5-6,13-19H2,1H3. The maximum atomic E-state index is 13.4. The number of benzene rings is 2. The van der Waals surface area contributed by atoms with E-state index >= 15 is 0 Å². The molecular weight excluding hydrogens is 414 g/mol. The SMILES string of the molecule is Cc1ccc(-c2noc(CN3CCN(C(C(=O)N4CCCC4)c4ccccc4)CC3)n2)cc1. The second kappa shape index (κ2) is 9.85. The van der Waals surface area contributed by atoms with Crippen LogP contribution in [0.25, 0.3) is 11.4 Å². The van der Waals surface area contributed by atoms with Crippen LogP contribution < -0.4 is 0 Å². The summed E-state index contributed by atoms with van der Waals surface area (Å²) < 4.78 is 5.52. The molecule has 0 N–H and O–H groups in total. The molecule has 2 fully saturated rings. The summed E-state index contributed by atoms with van der Waals surface area (Å²) in [5, 5.41) is 4.16. The highest BCUT2D eigenvalue weighted by Crippen LogP contribution is 2.27. The molecule has 0 aliphatic carbocycles. The first kappa shape index (κ1) is 21.8. The highest BCUT2D eigenvalue weighted by Gasteiger charge is 2.34. The fraction of sp³-hybridized carbons (Fsp3) is 0.423. The predicted octanol–water partition coefficient (Wildman–Crippen LogP) is 3.53. The van der Waals surface area contributed by atoms with E-state index in [-0.39, 0.29) is 11.9 Å². The van der Waals surface area contributed by atoms with Crippen LogP contribution in [0.1, 0.15) is 35.9 Å². The van der Waals surface area contributed by atoms with E-state index in [4.69, 9.17) is 4.52 Å². The lowest BCUT2D eigenvalue weighted by Crippen LogP contribution is -2.51. The molecule has 3 heterocycles. The fourth-order valence-corrected chi connectivity index (χ4v) is 4.77. The average Bonchev–Trinajstić information content (AvgIpc) is 3.54. The smallest absolute Gasteiger partial charge is 0.244 e. The van der Waals surface area contributed by atoms with Gasteiger partial charge < -0.3 is 9.42 Å². The fourth-order valence-electron chi connectivity index (χ4n) is 4.77. The van der Waals surface area contributed by atoms with E-state index in [1.54, 1.807) is 0 Å². The zero-order chi connectivity index (χ0) is 22.6. The summed E-state index contributed by atoms with van der Waals surface area (Å²) in [5.41, 5.74) is 3.26. The van der Waals surface area contributed by atoms with E-state index in [2.05, 4.69) is 51.1 Å². The summed E-state index contributed by atoms with van der Waals surface area (Å²) in [7, 11) is 0. The summed E-state index contributed by atoms with van der Waals surface area (Å²) >= 11 is 0. The molecule has 172 valence electrons. The monoisotopic (exact) mass is 445 g/mol.